The molecule has 0 saturated carbocycles. The van der Waals surface area contributed by atoms with E-state index in [4.69, 9.17) is 9.53 Å². The molecular weight excluding hydrogens is 410 g/mol. The van der Waals surface area contributed by atoms with Gasteiger partial charge in [0, 0.05) is 11.9 Å². The van der Waals surface area contributed by atoms with Gasteiger partial charge in [-0.15, -0.1) is 13.2 Å². The van der Waals surface area contributed by atoms with Crippen LogP contribution in [0.1, 0.15) is 30.3 Å². The summed E-state index contributed by atoms with van der Waals surface area (Å²) in [6.45, 7) is 10.0. The van der Waals surface area contributed by atoms with E-state index in [2.05, 4.69) is 32.9 Å². The van der Waals surface area contributed by atoms with E-state index in [-0.39, 0.29) is 18.1 Å². The highest BCUT2D eigenvalue weighted by atomic mass is 19.2. The molecule has 1 fully saturated rings. The van der Waals surface area contributed by atoms with Gasteiger partial charge in [0.05, 0.1) is 20.3 Å². The number of aromatic nitrogens is 1. The zero-order valence-electron chi connectivity index (χ0n) is 17.9. The molecular formula is C22H28F2N2O5. The molecule has 1 aliphatic heterocycles. The molecule has 0 spiro atoms. The van der Waals surface area contributed by atoms with E-state index in [9.17, 15) is 13.6 Å². The number of carbonyl (C=O) groups excluding carboxylic acids is 2. The lowest BCUT2D eigenvalue weighted by molar-refractivity contribution is -0.0980. The van der Waals surface area contributed by atoms with E-state index in [1.165, 1.54) is 26.4 Å². The summed E-state index contributed by atoms with van der Waals surface area (Å²) in [5.41, 5.74) is 1.11. The molecule has 2 heterocycles. The van der Waals surface area contributed by atoms with Crippen LogP contribution in [-0.4, -0.2) is 44.3 Å². The van der Waals surface area contributed by atoms with Crippen LogP contribution >= 0.6 is 0 Å². The third kappa shape index (κ3) is 9.35. The number of halogens is 2. The number of hydrogen-bond acceptors (Lipinski definition) is 7. The Morgan fingerprint density at radius 3 is 2.39 bits per heavy atom. The molecule has 3 rings (SSSR count). The third-order valence-corrected chi connectivity index (χ3v) is 3.85. The van der Waals surface area contributed by atoms with Gasteiger partial charge in [-0.05, 0) is 44.0 Å². The smallest absolute Gasteiger partial charge is 0.356 e. The molecule has 0 radical (unpaired) electrons. The van der Waals surface area contributed by atoms with Crippen molar-refractivity contribution in [1.29, 1.82) is 0 Å². The molecule has 1 N–H and O–H groups in total. The number of benzene rings is 1. The molecule has 1 aromatic carbocycles. The maximum Gasteiger partial charge on any atom is 0.356 e. The van der Waals surface area contributed by atoms with Crippen LogP contribution in [0, 0.1) is 11.6 Å². The van der Waals surface area contributed by atoms with Crippen molar-refractivity contribution in [3.05, 3.63) is 67.0 Å². The molecule has 0 aliphatic carbocycles. The van der Waals surface area contributed by atoms with Gasteiger partial charge in [-0.25, -0.2) is 14.2 Å². The normalized spacial score (nSPS) is 16.2. The van der Waals surface area contributed by atoms with Crippen molar-refractivity contribution in [2.24, 2.45) is 0 Å². The van der Waals surface area contributed by atoms with E-state index in [1.807, 2.05) is 13.7 Å². The second kappa shape index (κ2) is 15.5. The lowest BCUT2D eigenvalue weighted by Crippen LogP contribution is -2.19. The average Bonchev–Trinajstić information content (AvgIpc) is 3.22. The molecule has 1 aromatic heterocycles. The number of carbonyl (C=O) groups is 2. The molecule has 2 unspecified atom stereocenters. The Morgan fingerprint density at radius 1 is 1.19 bits per heavy atom. The van der Waals surface area contributed by atoms with Gasteiger partial charge in [0.2, 0.25) is 5.82 Å². The summed E-state index contributed by atoms with van der Waals surface area (Å²) in [6.07, 6.45) is 3.89. The van der Waals surface area contributed by atoms with Crippen LogP contribution in [-0.2, 0) is 14.3 Å². The second-order valence-electron chi connectivity index (χ2n) is 5.83. The lowest BCUT2D eigenvalue weighted by Gasteiger charge is -2.14. The van der Waals surface area contributed by atoms with Gasteiger partial charge in [-0.1, -0.05) is 6.07 Å². The summed E-state index contributed by atoms with van der Waals surface area (Å²) in [5.74, 6) is -2.33. The molecule has 2 aromatic rings. The van der Waals surface area contributed by atoms with Crippen LogP contribution in [0.2, 0.25) is 0 Å². The fourth-order valence-electron chi connectivity index (χ4n) is 2.47. The minimum absolute atomic E-state index is 0.0119. The quantitative estimate of drug-likeness (QED) is 0.559. The molecule has 1 saturated heterocycles. The summed E-state index contributed by atoms with van der Waals surface area (Å²) in [4.78, 5) is 23.3. The Balaban J connectivity index is 0.000000549. The number of nitrogens with one attached hydrogen (secondary N) is 1. The first-order valence-corrected chi connectivity index (χ1v) is 9.17. The molecule has 1 aliphatic rings. The molecule has 0 amide bonds. The zero-order valence-corrected chi connectivity index (χ0v) is 17.9. The van der Waals surface area contributed by atoms with Gasteiger partial charge in [0.1, 0.15) is 18.7 Å². The summed E-state index contributed by atoms with van der Waals surface area (Å²) >= 11 is 0. The van der Waals surface area contributed by atoms with Gasteiger partial charge in [-0.2, -0.15) is 4.39 Å². The van der Waals surface area contributed by atoms with Crippen molar-refractivity contribution in [1.82, 2.24) is 4.98 Å². The fourth-order valence-corrected chi connectivity index (χ4v) is 2.47. The van der Waals surface area contributed by atoms with Crippen LogP contribution in [0.15, 0.2) is 49.7 Å². The number of anilines is 1. The highest BCUT2D eigenvalue weighted by Crippen LogP contribution is 2.21. The Kier molecular flexibility index (Phi) is 13.8. The van der Waals surface area contributed by atoms with E-state index >= 15 is 0 Å². The average molecular weight is 438 g/mol. The topological polar surface area (TPSA) is 86.8 Å². The van der Waals surface area contributed by atoms with Gasteiger partial charge >= 0.3 is 5.97 Å². The van der Waals surface area contributed by atoms with Crippen molar-refractivity contribution < 1.29 is 32.6 Å². The highest BCUT2D eigenvalue weighted by molar-refractivity contribution is 5.88. The number of ether oxygens (including phenoxy) is 3. The van der Waals surface area contributed by atoms with Crippen molar-refractivity contribution in [3.63, 3.8) is 0 Å². The third-order valence-electron chi connectivity index (χ3n) is 3.85. The van der Waals surface area contributed by atoms with Gasteiger partial charge in [-0.3, -0.25) is 0 Å². The molecule has 2 atom stereocenters. The first-order valence-electron chi connectivity index (χ1n) is 9.17. The Bertz CT molecular complexity index is 805. The number of rotatable bonds is 4. The summed E-state index contributed by atoms with van der Waals surface area (Å²) < 4.78 is 39.6. The Labute approximate surface area is 181 Å². The van der Waals surface area contributed by atoms with Crippen molar-refractivity contribution in [2.75, 3.05) is 19.5 Å². The number of esters is 1. The molecule has 0 bridgehead atoms. The van der Waals surface area contributed by atoms with E-state index < -0.39 is 17.6 Å². The lowest BCUT2D eigenvalue weighted by atomic mass is 10.2. The maximum absolute atomic E-state index is 12.5. The summed E-state index contributed by atoms with van der Waals surface area (Å²) in [7, 11) is 2.63. The first kappa shape index (κ1) is 27.7. The van der Waals surface area contributed by atoms with Crippen LogP contribution in [0.4, 0.5) is 14.5 Å². The minimum Gasteiger partial charge on any atom is -0.494 e. The predicted octanol–water partition coefficient (Wildman–Crippen LogP) is 4.40. The molecule has 170 valence electrons. The van der Waals surface area contributed by atoms with Crippen molar-refractivity contribution in [3.8, 4) is 5.75 Å². The number of methoxy groups -OCH3 is 2. The SMILES string of the molecule is C=C.C=O.COC(=O)c1cc(NC2CCC(C)O2)ccn1.COc1cccc(F)c1F. The highest BCUT2D eigenvalue weighted by Gasteiger charge is 2.21. The van der Waals surface area contributed by atoms with Gasteiger partial charge in [0.15, 0.2) is 11.6 Å². The molecule has 31 heavy (non-hydrogen) atoms. The summed E-state index contributed by atoms with van der Waals surface area (Å²) in [5, 5.41) is 3.22. The van der Waals surface area contributed by atoms with Crippen molar-refractivity contribution in [2.45, 2.75) is 32.1 Å². The summed E-state index contributed by atoms with van der Waals surface area (Å²) in [6, 6.07) is 7.25. The van der Waals surface area contributed by atoms with Crippen LogP contribution in [0.3, 0.4) is 0 Å². The largest absolute Gasteiger partial charge is 0.494 e. The second-order valence-corrected chi connectivity index (χ2v) is 5.83. The Morgan fingerprint density at radius 2 is 1.87 bits per heavy atom. The first-order chi connectivity index (χ1) is 14.9. The monoisotopic (exact) mass is 438 g/mol. The number of pyridine rings is 1. The van der Waals surface area contributed by atoms with E-state index in [0.29, 0.717) is 5.69 Å². The van der Waals surface area contributed by atoms with Crippen LogP contribution in [0.5, 0.6) is 5.75 Å². The molecule has 9 heteroatoms. The minimum atomic E-state index is -0.940. The van der Waals surface area contributed by atoms with Gasteiger partial charge in [0.25, 0.3) is 0 Å². The van der Waals surface area contributed by atoms with E-state index in [0.717, 1.165) is 24.6 Å². The van der Waals surface area contributed by atoms with Crippen LogP contribution in [0.25, 0.3) is 0 Å². The molecule has 7 nitrogen and oxygen atoms in total. The number of hydrogen-bond donors (Lipinski definition) is 1. The Hall–Kier alpha value is -3.33. The van der Waals surface area contributed by atoms with Crippen LogP contribution < -0.4 is 10.1 Å². The standard InChI is InChI=1S/C12H16N2O3.C7H6F2O.C2H4.CH2O/c1-8-3-4-11(17-8)14-9-5-6-13-10(7-9)12(15)16-2;1-10-6-4-2-3-5(8)7(6)9;2*1-2/h5-8,11H,3-4H2,1-2H3,(H,13,14);2-4H,1H3;1-2H2;1H2. The van der Waals surface area contributed by atoms with Crippen molar-refractivity contribution >= 4 is 18.4 Å². The maximum atomic E-state index is 12.5. The zero-order chi connectivity index (χ0) is 23.8. The number of nitrogens with zero attached hydrogens (tertiary/aromatic N) is 1. The van der Waals surface area contributed by atoms with Gasteiger partial charge < -0.3 is 24.3 Å². The fraction of sp³-hybridized carbons (Fsp3) is 0.318. The predicted molar refractivity (Wildman–Crippen MR) is 114 cm³/mol. The van der Waals surface area contributed by atoms with E-state index in [1.54, 1.807) is 18.3 Å².